The van der Waals surface area contributed by atoms with Gasteiger partial charge in [0.1, 0.15) is 23.8 Å². The fraction of sp³-hybridized carbons (Fsp3) is 0.484. The number of nitrogen functional groups attached to an aromatic ring is 1. The van der Waals surface area contributed by atoms with Crippen LogP contribution in [-0.2, 0) is 19.5 Å². The highest BCUT2D eigenvalue weighted by Gasteiger charge is 2.54. The van der Waals surface area contributed by atoms with Crippen LogP contribution in [0.2, 0.25) is 0 Å². The first kappa shape index (κ1) is 31.9. The van der Waals surface area contributed by atoms with Gasteiger partial charge in [-0.1, -0.05) is 36.4 Å². The molecule has 4 N–H and O–H groups in total. The highest BCUT2D eigenvalue weighted by molar-refractivity contribution is 7.99. The van der Waals surface area contributed by atoms with E-state index in [9.17, 15) is 22.3 Å². The van der Waals surface area contributed by atoms with Crippen molar-refractivity contribution in [2.45, 2.75) is 99.1 Å². The Morgan fingerprint density at radius 3 is 2.51 bits per heavy atom. The van der Waals surface area contributed by atoms with Gasteiger partial charge in [0, 0.05) is 17.7 Å². The van der Waals surface area contributed by atoms with Gasteiger partial charge in [0.2, 0.25) is 0 Å². The molecule has 6 rings (SSSR count). The smallest absolute Gasteiger partial charge is 0.265 e. The van der Waals surface area contributed by atoms with Gasteiger partial charge in [-0.3, -0.25) is 0 Å². The summed E-state index contributed by atoms with van der Waals surface area (Å²) in [6.45, 7) is 7.46. The fourth-order valence-corrected chi connectivity index (χ4v) is 8.43. The van der Waals surface area contributed by atoms with Crippen LogP contribution >= 0.6 is 11.8 Å². The van der Waals surface area contributed by atoms with Crippen LogP contribution in [0.25, 0.3) is 0 Å². The van der Waals surface area contributed by atoms with Crippen molar-refractivity contribution in [2.24, 2.45) is 0 Å². The third-order valence-corrected chi connectivity index (χ3v) is 11.2. The molecule has 1 aliphatic heterocycles. The van der Waals surface area contributed by atoms with E-state index in [4.69, 9.17) is 20.2 Å². The number of sulfonamides is 1. The third-order valence-electron chi connectivity index (χ3n) is 8.26. The Morgan fingerprint density at radius 1 is 1.11 bits per heavy atom. The number of ether oxygens (including phenoxy) is 2. The molecule has 3 aromatic rings. The quantitative estimate of drug-likeness (QED) is 0.155. The predicted octanol–water partition coefficient (Wildman–Crippen LogP) is 4.96. The summed E-state index contributed by atoms with van der Waals surface area (Å²) in [4.78, 5) is 9.44. The van der Waals surface area contributed by atoms with Gasteiger partial charge in [-0.25, -0.2) is 31.5 Å². The number of hydrogen-bond donors (Lipinski definition) is 3. The number of aliphatic hydroxyl groups excluding tert-OH is 1. The Hall–Kier alpha value is -3.04. The van der Waals surface area contributed by atoms with E-state index < -0.39 is 57.7 Å². The fourth-order valence-electron chi connectivity index (χ4n) is 6.08. The predicted molar refractivity (Wildman–Crippen MR) is 168 cm³/mol. The van der Waals surface area contributed by atoms with E-state index in [1.165, 1.54) is 34.3 Å². The number of aryl methyl sites for hydroxylation is 1. The Kier molecular flexibility index (Phi) is 8.48. The van der Waals surface area contributed by atoms with Gasteiger partial charge in [-0.05, 0) is 69.9 Å². The van der Waals surface area contributed by atoms with Crippen LogP contribution in [0.4, 0.5) is 26.1 Å². The molecule has 0 bridgehead atoms. The van der Waals surface area contributed by atoms with Crippen molar-refractivity contribution in [3.63, 3.8) is 0 Å². The van der Waals surface area contributed by atoms with E-state index in [1.54, 1.807) is 32.0 Å². The van der Waals surface area contributed by atoms with E-state index >= 15 is 0 Å². The number of nitrogens with two attached hydrogens (primary N) is 1. The minimum Gasteiger partial charge on any atom is -0.396 e. The Morgan fingerprint density at radius 2 is 1.82 bits per heavy atom. The van der Waals surface area contributed by atoms with Crippen LogP contribution in [0.1, 0.15) is 57.1 Å². The maximum absolute atomic E-state index is 14.3. The van der Waals surface area contributed by atoms with Gasteiger partial charge >= 0.3 is 0 Å². The minimum absolute atomic E-state index is 0.0694. The van der Waals surface area contributed by atoms with Gasteiger partial charge in [-0.2, -0.15) is 0 Å². The van der Waals surface area contributed by atoms with Crippen LogP contribution in [0, 0.1) is 18.6 Å². The van der Waals surface area contributed by atoms with E-state index in [0.717, 1.165) is 18.1 Å². The van der Waals surface area contributed by atoms with Crippen LogP contribution in [-0.4, -0.2) is 65.4 Å². The summed E-state index contributed by atoms with van der Waals surface area (Å²) in [6.07, 6.45) is -0.179. The lowest BCUT2D eigenvalue weighted by atomic mass is 10.1. The number of aliphatic hydroxyl groups is 1. The Labute approximate surface area is 265 Å². The summed E-state index contributed by atoms with van der Waals surface area (Å²) in [5.74, 6) is -2.34. The Balaban J connectivity index is 1.40. The molecule has 0 amide bonds. The number of halogens is 2. The molecule has 1 aromatic heterocycles. The second-order valence-corrected chi connectivity index (χ2v) is 15.2. The number of aromatic nitrogens is 2. The highest BCUT2D eigenvalue weighted by Crippen LogP contribution is 2.49. The average molecular weight is 662 g/mol. The molecule has 14 heteroatoms. The van der Waals surface area contributed by atoms with Crippen molar-refractivity contribution < 1.29 is 31.8 Å². The summed E-state index contributed by atoms with van der Waals surface area (Å²) in [5, 5.41) is 14.4. The second kappa shape index (κ2) is 12.0. The first-order chi connectivity index (χ1) is 21.3. The molecule has 45 heavy (non-hydrogen) atoms. The summed E-state index contributed by atoms with van der Waals surface area (Å²) in [7, 11) is -4.17. The molecule has 2 aliphatic carbocycles. The number of hydrogen-bond acceptors (Lipinski definition) is 10. The molecular formula is C31H37F2N5O5S2. The summed E-state index contributed by atoms with van der Waals surface area (Å²) >= 11 is 1.39. The topological polar surface area (TPSA) is 140 Å². The second-order valence-electron chi connectivity index (χ2n) is 12.3. The standard InChI is InChI=1S/C31H37F2N5O5S2/c1-5-10-44-30-36-25(35-22-14-24(39)29-28(22)42-31(3,4)43-29)15-26(37-30)38(45(40,41)18-8-6-16(2)7-9-18)23-13-19(23)17-11-20(32)27(33)21(34)12-17/h6-9,11-12,15,19,22-24,28-29,39H,5,10,13-14,34H2,1-4H3,(H,35,36,37)/t19-,22+,23+,24-,28-,29+/m0/s1. The molecule has 1 saturated heterocycles. The molecule has 2 saturated carbocycles. The Bertz CT molecular complexity index is 1670. The third kappa shape index (κ3) is 6.35. The van der Waals surface area contributed by atoms with Crippen molar-refractivity contribution in [3.05, 3.63) is 65.2 Å². The maximum atomic E-state index is 14.3. The summed E-state index contributed by atoms with van der Waals surface area (Å²) < 4.78 is 70.3. The summed E-state index contributed by atoms with van der Waals surface area (Å²) in [5.41, 5.74) is 6.68. The molecule has 242 valence electrons. The monoisotopic (exact) mass is 661 g/mol. The minimum atomic E-state index is -4.17. The van der Waals surface area contributed by atoms with Gasteiger partial charge in [0.15, 0.2) is 22.6 Å². The molecule has 2 aromatic carbocycles. The van der Waals surface area contributed by atoms with Crippen LogP contribution in [0.15, 0.2) is 52.5 Å². The molecule has 0 spiro atoms. The molecular weight excluding hydrogens is 625 g/mol. The molecule has 6 atom stereocenters. The number of nitrogens with one attached hydrogen (secondary N) is 1. The summed E-state index contributed by atoms with van der Waals surface area (Å²) in [6, 6.07) is 9.49. The SMILES string of the molecule is CCCSc1nc(N[C@@H]2C[C@H](O)[C@H]3OC(C)(C)O[C@H]32)cc(N([C@@H]2C[C@H]2c2cc(N)c(F)c(F)c2)S(=O)(=O)c2ccc(C)cc2)n1. The highest BCUT2D eigenvalue weighted by atomic mass is 32.2. The first-order valence-corrected chi connectivity index (χ1v) is 17.4. The van der Waals surface area contributed by atoms with Crippen molar-refractivity contribution >= 4 is 39.1 Å². The van der Waals surface area contributed by atoms with Crippen molar-refractivity contribution in [2.75, 3.05) is 21.1 Å². The molecule has 3 aliphatic rings. The molecule has 2 heterocycles. The molecule has 3 fully saturated rings. The number of anilines is 3. The van der Waals surface area contributed by atoms with E-state index in [-0.39, 0.29) is 22.4 Å². The zero-order valence-corrected chi connectivity index (χ0v) is 27.0. The van der Waals surface area contributed by atoms with Crippen LogP contribution < -0.4 is 15.4 Å². The number of nitrogens with zero attached hydrogens (tertiary/aromatic N) is 3. The zero-order chi connectivity index (χ0) is 32.3. The van der Waals surface area contributed by atoms with Crippen molar-refractivity contribution in [1.29, 1.82) is 0 Å². The number of fused-ring (bicyclic) bond motifs is 1. The lowest BCUT2D eigenvalue weighted by Gasteiger charge is -2.26. The van der Waals surface area contributed by atoms with E-state index in [2.05, 4.69) is 10.3 Å². The molecule has 0 radical (unpaired) electrons. The first-order valence-electron chi connectivity index (χ1n) is 14.9. The van der Waals surface area contributed by atoms with E-state index in [1.807, 2.05) is 13.8 Å². The molecule has 0 unspecified atom stereocenters. The van der Waals surface area contributed by atoms with Gasteiger partial charge in [0.05, 0.1) is 28.8 Å². The van der Waals surface area contributed by atoms with Gasteiger partial charge in [0.25, 0.3) is 10.0 Å². The van der Waals surface area contributed by atoms with Gasteiger partial charge < -0.3 is 25.6 Å². The number of thioether (sulfide) groups is 1. The number of benzene rings is 2. The zero-order valence-electron chi connectivity index (χ0n) is 25.4. The van der Waals surface area contributed by atoms with E-state index in [0.29, 0.717) is 35.1 Å². The lowest BCUT2D eigenvalue weighted by Crippen LogP contribution is -2.36. The average Bonchev–Trinajstić information content (AvgIpc) is 3.60. The number of rotatable bonds is 10. The molecule has 10 nitrogen and oxygen atoms in total. The lowest BCUT2D eigenvalue weighted by molar-refractivity contribution is -0.162. The van der Waals surface area contributed by atoms with Crippen molar-refractivity contribution in [1.82, 2.24) is 9.97 Å². The van der Waals surface area contributed by atoms with Crippen molar-refractivity contribution in [3.8, 4) is 0 Å². The normalized spacial score (nSPS) is 26.9. The largest absolute Gasteiger partial charge is 0.396 e. The van der Waals surface area contributed by atoms with Crippen LogP contribution in [0.5, 0.6) is 0 Å². The van der Waals surface area contributed by atoms with Crippen LogP contribution in [0.3, 0.4) is 0 Å². The maximum Gasteiger partial charge on any atom is 0.265 e. The van der Waals surface area contributed by atoms with Gasteiger partial charge in [-0.15, -0.1) is 0 Å².